The Labute approximate surface area is 238 Å². The summed E-state index contributed by atoms with van der Waals surface area (Å²) < 4.78 is 61.9. The second kappa shape index (κ2) is 12.0. The number of hydrogen-bond acceptors (Lipinski definition) is 15. The summed E-state index contributed by atoms with van der Waals surface area (Å²) in [6, 6.07) is 4.46. The average Bonchev–Trinajstić information content (AvgIpc) is 3.43. The van der Waals surface area contributed by atoms with Gasteiger partial charge in [-0.2, -0.15) is 10.4 Å². The van der Waals surface area contributed by atoms with Crippen molar-refractivity contribution in [2.24, 2.45) is 10.8 Å². The third-order valence-corrected chi connectivity index (χ3v) is 6.87. The van der Waals surface area contributed by atoms with E-state index >= 15 is 0 Å². The van der Waals surface area contributed by atoms with E-state index in [0.29, 0.717) is 0 Å². The van der Waals surface area contributed by atoms with E-state index in [2.05, 4.69) is 10.1 Å². The molecule has 1 aliphatic heterocycles. The van der Waals surface area contributed by atoms with E-state index in [0.717, 1.165) is 10.8 Å². The van der Waals surface area contributed by atoms with Crippen LogP contribution in [0.2, 0.25) is 0 Å². The lowest BCUT2D eigenvalue weighted by molar-refractivity contribution is -0.163. The van der Waals surface area contributed by atoms with Gasteiger partial charge in [-0.05, 0) is 53.7 Å². The highest BCUT2D eigenvalue weighted by Crippen LogP contribution is 2.51. The summed E-state index contributed by atoms with van der Waals surface area (Å²) in [6.07, 6.45) is -5.36. The number of carbonyl (C=O) groups is 2. The standard InChI is InChI=1S/C24H34N5O11P/c1-22(2,3)20(32)35-12-38-41(34,39-13-36-21(33)23(4,5)6)37-9-15-17(30)18(31)24(10-25,40-15)16-8-7-14-19(26)27-11-28-29(14)16/h7-8,11,15,17-18,30-31H,9,12-13H2,1-6H3,(H2,26,27,28)/t15-,17-,18-,24+/m1/s1/i9D2. The quantitative estimate of drug-likeness (QED) is 0.199. The van der Waals surface area contributed by atoms with E-state index in [1.807, 2.05) is 0 Å². The molecule has 0 aromatic carbocycles. The fourth-order valence-electron chi connectivity index (χ4n) is 3.36. The molecule has 226 valence electrons. The minimum absolute atomic E-state index is 0.0205. The first kappa shape index (κ1) is 29.3. The number of anilines is 1. The number of carbonyl (C=O) groups excluding carboxylic acids is 2. The molecule has 4 N–H and O–H groups in total. The van der Waals surface area contributed by atoms with Crippen LogP contribution in [0.25, 0.3) is 5.52 Å². The van der Waals surface area contributed by atoms with Crippen LogP contribution in [-0.2, 0) is 47.5 Å². The molecule has 4 atom stereocenters. The molecule has 2 aromatic rings. The fraction of sp³-hybridized carbons (Fsp3) is 0.625. The van der Waals surface area contributed by atoms with Crippen molar-refractivity contribution in [1.29, 1.82) is 5.26 Å². The topological polar surface area (TPSA) is 227 Å². The Hall–Kier alpha value is -3.16. The fourth-order valence-corrected chi connectivity index (χ4v) is 4.14. The number of ether oxygens (including phenoxy) is 3. The first-order valence-corrected chi connectivity index (χ1v) is 13.6. The number of esters is 2. The molecule has 0 spiro atoms. The third kappa shape index (κ3) is 7.02. The Morgan fingerprint density at radius 1 is 1.15 bits per heavy atom. The number of nitrogens with two attached hydrogens (primary N) is 1. The van der Waals surface area contributed by atoms with Crippen molar-refractivity contribution >= 4 is 31.1 Å². The van der Waals surface area contributed by atoms with Crippen LogP contribution in [0.3, 0.4) is 0 Å². The lowest BCUT2D eigenvalue weighted by Gasteiger charge is -2.24. The molecule has 0 unspecified atom stereocenters. The summed E-state index contributed by atoms with van der Waals surface area (Å²) in [5.74, 6) is -1.53. The van der Waals surface area contributed by atoms with Crippen LogP contribution in [0, 0.1) is 22.2 Å². The number of aliphatic hydroxyl groups is 2. The predicted octanol–water partition coefficient (Wildman–Crippen LogP) is 1.40. The molecule has 0 bridgehead atoms. The molecule has 3 heterocycles. The average molecular weight is 602 g/mol. The van der Waals surface area contributed by atoms with E-state index in [9.17, 15) is 29.6 Å². The lowest BCUT2D eigenvalue weighted by Crippen LogP contribution is -2.41. The van der Waals surface area contributed by atoms with Crippen molar-refractivity contribution in [2.45, 2.75) is 65.5 Å². The lowest BCUT2D eigenvalue weighted by atomic mass is 9.92. The Bertz CT molecular complexity index is 1420. The largest absolute Gasteiger partial charge is 0.480 e. The monoisotopic (exact) mass is 601 g/mol. The minimum atomic E-state index is -5.14. The van der Waals surface area contributed by atoms with Gasteiger partial charge in [-0.15, -0.1) is 0 Å². The van der Waals surface area contributed by atoms with Crippen LogP contribution in [0.15, 0.2) is 18.5 Å². The van der Waals surface area contributed by atoms with Crippen LogP contribution in [0.4, 0.5) is 5.82 Å². The first-order chi connectivity index (χ1) is 19.7. The number of rotatable bonds is 10. The first-order valence-electron chi connectivity index (χ1n) is 13.2. The van der Waals surface area contributed by atoms with E-state index in [-0.39, 0.29) is 17.0 Å². The summed E-state index contributed by atoms with van der Waals surface area (Å²) in [6.45, 7) is 3.81. The maximum atomic E-state index is 13.5. The number of phosphoric acid groups is 1. The van der Waals surface area contributed by atoms with E-state index in [4.69, 9.17) is 36.3 Å². The zero-order chi connectivity index (χ0) is 32.6. The van der Waals surface area contributed by atoms with Gasteiger partial charge in [0.25, 0.3) is 0 Å². The predicted molar refractivity (Wildman–Crippen MR) is 138 cm³/mol. The van der Waals surface area contributed by atoms with Crippen LogP contribution < -0.4 is 5.73 Å². The molecule has 0 radical (unpaired) electrons. The van der Waals surface area contributed by atoms with Gasteiger partial charge in [-0.1, -0.05) is 0 Å². The molecule has 41 heavy (non-hydrogen) atoms. The molecule has 0 amide bonds. The number of fused-ring (bicyclic) bond motifs is 1. The molecule has 3 rings (SSSR count). The summed E-state index contributed by atoms with van der Waals surface area (Å²) in [5, 5.41) is 35.9. The molecule has 1 fully saturated rings. The van der Waals surface area contributed by atoms with Gasteiger partial charge in [0.15, 0.2) is 5.82 Å². The van der Waals surface area contributed by atoms with Crippen molar-refractivity contribution in [2.75, 3.05) is 25.9 Å². The summed E-state index contributed by atoms with van der Waals surface area (Å²) in [7, 11) is -5.14. The van der Waals surface area contributed by atoms with Gasteiger partial charge in [0.1, 0.15) is 36.2 Å². The van der Waals surface area contributed by atoms with Crippen LogP contribution in [0.5, 0.6) is 0 Å². The van der Waals surface area contributed by atoms with Gasteiger partial charge in [0, 0.05) is 0 Å². The van der Waals surface area contributed by atoms with Crippen molar-refractivity contribution in [3.8, 4) is 6.07 Å². The SMILES string of the molecule is [2H]C([2H])(OP(=O)(OCOC(=O)C(C)(C)C)OCOC(=O)C(C)(C)C)[C@H]1O[C@@](C#N)(c2ccc3c(N)ncnn23)[C@H](O)[C@@H]1O. The maximum Gasteiger partial charge on any atom is 0.480 e. The molecule has 2 aromatic heterocycles. The maximum absolute atomic E-state index is 13.5. The second-order valence-electron chi connectivity index (χ2n) is 11.0. The van der Waals surface area contributed by atoms with Crippen LogP contribution >= 0.6 is 7.82 Å². The van der Waals surface area contributed by atoms with Crippen molar-refractivity contribution in [3.05, 3.63) is 24.2 Å². The molecule has 0 saturated carbocycles. The van der Waals surface area contributed by atoms with Gasteiger partial charge in [0.2, 0.25) is 19.2 Å². The summed E-state index contributed by atoms with van der Waals surface area (Å²) >= 11 is 0. The third-order valence-electron chi connectivity index (χ3n) is 5.70. The number of aromatic nitrogens is 3. The molecular formula is C24H34N5O11P. The number of nitriles is 1. The normalized spacial score (nSPS) is 24.4. The van der Waals surface area contributed by atoms with Crippen molar-refractivity contribution in [3.63, 3.8) is 0 Å². The summed E-state index contributed by atoms with van der Waals surface area (Å²) in [5.41, 5.74) is 1.53. The van der Waals surface area contributed by atoms with E-state index in [1.165, 1.54) is 53.7 Å². The Balaban J connectivity index is 1.89. The van der Waals surface area contributed by atoms with Crippen molar-refractivity contribution < 1.29 is 54.9 Å². The van der Waals surface area contributed by atoms with Gasteiger partial charge in [-0.3, -0.25) is 14.1 Å². The zero-order valence-corrected chi connectivity index (χ0v) is 24.2. The second-order valence-corrected chi connectivity index (χ2v) is 12.6. The molecule has 1 saturated heterocycles. The highest BCUT2D eigenvalue weighted by Gasteiger charge is 2.58. The number of aliphatic hydroxyl groups excluding tert-OH is 2. The smallest absolute Gasteiger partial charge is 0.437 e. The molecule has 17 heteroatoms. The number of nitrogen functional groups attached to an aromatic ring is 1. The summed E-state index contributed by atoms with van der Waals surface area (Å²) in [4.78, 5) is 28.1. The van der Waals surface area contributed by atoms with E-state index < -0.39 is 74.6 Å². The molecule has 16 nitrogen and oxygen atoms in total. The Morgan fingerprint density at radius 3 is 2.22 bits per heavy atom. The molecular weight excluding hydrogens is 565 g/mol. The molecule has 1 aliphatic rings. The van der Waals surface area contributed by atoms with E-state index in [1.54, 1.807) is 6.07 Å². The van der Waals surface area contributed by atoms with Gasteiger partial charge in [0.05, 0.1) is 25.8 Å². The molecule has 0 aliphatic carbocycles. The highest BCUT2D eigenvalue weighted by molar-refractivity contribution is 7.48. The highest BCUT2D eigenvalue weighted by atomic mass is 31.2. The number of phosphoric ester groups is 1. The Kier molecular flexibility index (Phi) is 8.57. The number of hydrogen-bond donors (Lipinski definition) is 3. The van der Waals surface area contributed by atoms with Crippen LogP contribution in [-0.4, -0.2) is 75.2 Å². The zero-order valence-electron chi connectivity index (χ0n) is 25.3. The van der Waals surface area contributed by atoms with Gasteiger partial charge >= 0.3 is 19.8 Å². The van der Waals surface area contributed by atoms with Crippen LogP contribution in [0.1, 0.15) is 50.0 Å². The van der Waals surface area contributed by atoms with Gasteiger partial charge in [-0.25, -0.2) is 23.1 Å². The Morgan fingerprint density at radius 2 is 1.71 bits per heavy atom. The minimum Gasteiger partial charge on any atom is -0.437 e. The van der Waals surface area contributed by atoms with Crippen molar-refractivity contribution in [1.82, 2.24) is 14.6 Å². The number of nitrogens with zero attached hydrogens (tertiary/aromatic N) is 4. The van der Waals surface area contributed by atoms with Gasteiger partial charge < -0.3 is 30.2 Å².